The summed E-state index contributed by atoms with van der Waals surface area (Å²) >= 11 is 1.50. The van der Waals surface area contributed by atoms with E-state index in [1.54, 1.807) is 20.1 Å². The SMILES string of the molecule is CCOC(=O)[C@H]1[C@H]2[C@@H]1[C@](N)(C(=O)OCC)C[C@@H]2SC1=NCC=N1. The first-order valence-corrected chi connectivity index (χ1v) is 8.77. The Morgan fingerprint density at radius 2 is 2.13 bits per heavy atom. The lowest BCUT2D eigenvalue weighted by molar-refractivity contribution is -0.151. The number of thioether (sulfide) groups is 1. The van der Waals surface area contributed by atoms with Gasteiger partial charge in [-0.3, -0.25) is 14.6 Å². The lowest BCUT2D eigenvalue weighted by atomic mass is 9.91. The summed E-state index contributed by atoms with van der Waals surface area (Å²) in [6, 6.07) is 0. The number of nitrogens with zero attached hydrogens (tertiary/aromatic N) is 2. The molecule has 1 aliphatic heterocycles. The van der Waals surface area contributed by atoms with Crippen LogP contribution in [-0.2, 0) is 19.1 Å². The van der Waals surface area contributed by atoms with E-state index >= 15 is 0 Å². The first kappa shape index (κ1) is 16.4. The van der Waals surface area contributed by atoms with Crippen molar-refractivity contribution in [2.45, 2.75) is 31.1 Å². The second-order valence-electron chi connectivity index (χ2n) is 5.94. The fraction of sp³-hybridized carbons (Fsp3) is 0.733. The Morgan fingerprint density at radius 3 is 2.74 bits per heavy atom. The fourth-order valence-corrected chi connectivity index (χ4v) is 5.11. The number of carbonyl (C=O) groups is 2. The van der Waals surface area contributed by atoms with Gasteiger partial charge < -0.3 is 15.2 Å². The van der Waals surface area contributed by atoms with E-state index in [4.69, 9.17) is 15.2 Å². The van der Waals surface area contributed by atoms with Gasteiger partial charge >= 0.3 is 11.9 Å². The van der Waals surface area contributed by atoms with Gasteiger partial charge in [0.2, 0.25) is 0 Å². The molecule has 8 heteroatoms. The third-order valence-electron chi connectivity index (χ3n) is 4.62. The van der Waals surface area contributed by atoms with E-state index in [1.165, 1.54) is 11.8 Å². The number of carbonyl (C=O) groups excluding carboxylic acids is 2. The highest BCUT2D eigenvalue weighted by Gasteiger charge is 2.74. The van der Waals surface area contributed by atoms with E-state index in [1.807, 2.05) is 0 Å². The van der Waals surface area contributed by atoms with Gasteiger partial charge in [-0.15, -0.1) is 0 Å². The molecule has 0 bridgehead atoms. The molecule has 2 aliphatic carbocycles. The molecule has 2 saturated carbocycles. The van der Waals surface area contributed by atoms with Crippen molar-refractivity contribution in [1.29, 1.82) is 0 Å². The average Bonchev–Trinajstić information content (AvgIpc) is 2.94. The summed E-state index contributed by atoms with van der Waals surface area (Å²) in [5.41, 5.74) is 5.26. The molecule has 0 unspecified atom stereocenters. The Balaban J connectivity index is 1.79. The Bertz CT molecular complexity index is 579. The van der Waals surface area contributed by atoms with Crippen LogP contribution in [0, 0.1) is 17.8 Å². The van der Waals surface area contributed by atoms with Crippen LogP contribution < -0.4 is 5.73 Å². The van der Waals surface area contributed by atoms with E-state index < -0.39 is 11.5 Å². The molecule has 126 valence electrons. The molecule has 2 N–H and O–H groups in total. The second kappa shape index (κ2) is 6.24. The van der Waals surface area contributed by atoms with Gasteiger partial charge in [-0.25, -0.2) is 4.99 Å². The number of ether oxygens (including phenoxy) is 2. The molecule has 2 fully saturated rings. The second-order valence-corrected chi connectivity index (χ2v) is 7.14. The van der Waals surface area contributed by atoms with Crippen LogP contribution in [0.3, 0.4) is 0 Å². The maximum Gasteiger partial charge on any atom is 0.326 e. The fourth-order valence-electron chi connectivity index (χ4n) is 3.69. The minimum Gasteiger partial charge on any atom is -0.466 e. The van der Waals surface area contributed by atoms with Crippen molar-refractivity contribution in [3.8, 4) is 0 Å². The van der Waals surface area contributed by atoms with E-state index in [0.29, 0.717) is 24.7 Å². The Labute approximate surface area is 139 Å². The van der Waals surface area contributed by atoms with Gasteiger partial charge in [0, 0.05) is 17.4 Å². The smallest absolute Gasteiger partial charge is 0.326 e. The van der Waals surface area contributed by atoms with Crippen molar-refractivity contribution < 1.29 is 19.1 Å². The highest BCUT2D eigenvalue weighted by Crippen LogP contribution is 2.65. The lowest BCUT2D eigenvalue weighted by Crippen LogP contribution is -2.51. The van der Waals surface area contributed by atoms with Crippen LogP contribution in [0.15, 0.2) is 9.98 Å². The molecule has 1 heterocycles. The molecule has 0 aromatic heterocycles. The molecular weight excluding hydrogens is 318 g/mol. The van der Waals surface area contributed by atoms with Crippen molar-refractivity contribution >= 4 is 35.1 Å². The zero-order valence-electron chi connectivity index (χ0n) is 13.2. The van der Waals surface area contributed by atoms with E-state index in [2.05, 4.69) is 9.98 Å². The predicted octanol–water partition coefficient (Wildman–Crippen LogP) is 0.618. The molecule has 0 amide bonds. The number of fused-ring (bicyclic) bond motifs is 1. The zero-order valence-corrected chi connectivity index (χ0v) is 14.0. The molecule has 0 radical (unpaired) electrons. The Hall–Kier alpha value is -1.41. The standard InChI is InChI=1S/C15H21N3O4S/c1-3-21-12(19)10-9-8(23-14-17-5-6-18-14)7-15(16,11(9)10)13(20)22-4-2/h5,8-11H,3-4,6-7,16H2,1-2H3/t8-,9-,10-,11-,15-/m0/s1. The summed E-state index contributed by atoms with van der Waals surface area (Å²) in [4.78, 5) is 33.0. The first-order chi connectivity index (χ1) is 11.0. The highest BCUT2D eigenvalue weighted by molar-refractivity contribution is 8.14. The molecule has 3 aliphatic rings. The molecule has 3 rings (SSSR count). The highest BCUT2D eigenvalue weighted by atomic mass is 32.2. The van der Waals surface area contributed by atoms with Crippen molar-refractivity contribution in [3.05, 3.63) is 0 Å². The van der Waals surface area contributed by atoms with Crippen molar-refractivity contribution in [2.24, 2.45) is 33.5 Å². The van der Waals surface area contributed by atoms with Crippen LogP contribution >= 0.6 is 11.8 Å². The van der Waals surface area contributed by atoms with Crippen LogP contribution in [0.1, 0.15) is 20.3 Å². The molecule has 7 nitrogen and oxygen atoms in total. The normalized spacial score (nSPS) is 37.3. The van der Waals surface area contributed by atoms with E-state index in [0.717, 1.165) is 0 Å². The lowest BCUT2D eigenvalue weighted by Gasteiger charge is -2.26. The summed E-state index contributed by atoms with van der Waals surface area (Å²) in [5.74, 6) is -1.23. The topological polar surface area (TPSA) is 103 Å². The van der Waals surface area contributed by atoms with Crippen LogP contribution in [0.4, 0.5) is 0 Å². The quantitative estimate of drug-likeness (QED) is 0.737. The number of esters is 2. The van der Waals surface area contributed by atoms with Gasteiger partial charge in [-0.2, -0.15) is 0 Å². The predicted molar refractivity (Wildman–Crippen MR) is 87.4 cm³/mol. The largest absolute Gasteiger partial charge is 0.466 e. The monoisotopic (exact) mass is 339 g/mol. The van der Waals surface area contributed by atoms with Crippen molar-refractivity contribution in [1.82, 2.24) is 0 Å². The first-order valence-electron chi connectivity index (χ1n) is 7.89. The molecule has 0 spiro atoms. The van der Waals surface area contributed by atoms with Gasteiger partial charge in [0.25, 0.3) is 0 Å². The zero-order chi connectivity index (χ0) is 16.6. The summed E-state index contributed by atoms with van der Waals surface area (Å²) in [6.45, 7) is 4.69. The van der Waals surface area contributed by atoms with Gasteiger partial charge in [0.1, 0.15) is 5.54 Å². The maximum absolute atomic E-state index is 12.3. The number of aliphatic imine (C=N–C) groups is 2. The third-order valence-corrected chi connectivity index (χ3v) is 5.85. The van der Waals surface area contributed by atoms with Gasteiger partial charge in [0.05, 0.1) is 25.7 Å². The van der Waals surface area contributed by atoms with Gasteiger partial charge in [-0.1, -0.05) is 11.8 Å². The number of rotatable bonds is 5. The van der Waals surface area contributed by atoms with Crippen molar-refractivity contribution in [3.63, 3.8) is 0 Å². The number of hydrogen-bond donors (Lipinski definition) is 1. The molecule has 0 saturated heterocycles. The molecular formula is C15H21N3O4S. The molecule has 23 heavy (non-hydrogen) atoms. The molecule has 0 aromatic rings. The summed E-state index contributed by atoms with van der Waals surface area (Å²) in [7, 11) is 0. The summed E-state index contributed by atoms with van der Waals surface area (Å²) < 4.78 is 10.3. The Morgan fingerprint density at radius 1 is 1.39 bits per heavy atom. The van der Waals surface area contributed by atoms with E-state index in [9.17, 15) is 9.59 Å². The van der Waals surface area contributed by atoms with Gasteiger partial charge in [0.15, 0.2) is 5.17 Å². The number of hydrogen-bond acceptors (Lipinski definition) is 8. The third kappa shape index (κ3) is 2.78. The number of amidine groups is 1. The summed E-state index contributed by atoms with van der Waals surface area (Å²) in [5, 5.41) is 0.717. The minimum atomic E-state index is -1.13. The van der Waals surface area contributed by atoms with Gasteiger partial charge in [-0.05, 0) is 26.2 Å². The maximum atomic E-state index is 12.3. The molecule has 0 aromatic carbocycles. The average molecular weight is 339 g/mol. The van der Waals surface area contributed by atoms with Crippen LogP contribution in [0.25, 0.3) is 0 Å². The van der Waals surface area contributed by atoms with Crippen molar-refractivity contribution in [2.75, 3.05) is 19.8 Å². The number of nitrogens with two attached hydrogens (primary N) is 1. The Kier molecular flexibility index (Phi) is 4.46. The van der Waals surface area contributed by atoms with Crippen LogP contribution in [0.5, 0.6) is 0 Å². The van der Waals surface area contributed by atoms with Crippen LogP contribution in [0.2, 0.25) is 0 Å². The summed E-state index contributed by atoms with van der Waals surface area (Å²) in [6.07, 6.45) is 2.21. The van der Waals surface area contributed by atoms with E-state index in [-0.39, 0.29) is 35.6 Å². The minimum absolute atomic E-state index is 0.0203. The molecule has 5 atom stereocenters. The van der Waals surface area contributed by atoms with Crippen LogP contribution in [-0.4, -0.2) is 53.9 Å².